The van der Waals surface area contributed by atoms with Gasteiger partial charge in [0.15, 0.2) is 0 Å². The fraction of sp³-hybridized carbons (Fsp3) is 0.333. The van der Waals surface area contributed by atoms with Crippen molar-refractivity contribution in [2.24, 2.45) is 0 Å². The Morgan fingerprint density at radius 2 is 1.93 bits per heavy atom. The molecule has 2 nitrogen and oxygen atoms in total. The minimum absolute atomic E-state index is 0.0639. The molecule has 0 saturated carbocycles. The van der Waals surface area contributed by atoms with Crippen molar-refractivity contribution in [3.8, 4) is 0 Å². The number of aliphatic hydroxyl groups excluding tert-OH is 1. The fourth-order valence-corrected chi connectivity index (χ4v) is 4.72. The van der Waals surface area contributed by atoms with Crippen LogP contribution in [0.3, 0.4) is 0 Å². The topological polar surface area (TPSA) is 32.3 Å². The highest BCUT2D eigenvalue weighted by Gasteiger charge is 2.16. The van der Waals surface area contributed by atoms with Crippen LogP contribution in [0.15, 0.2) is 69.4 Å². The number of rotatable bonds is 6. The highest BCUT2D eigenvalue weighted by atomic mass is 79.9. The van der Waals surface area contributed by atoms with Gasteiger partial charge in [-0.05, 0) is 71.3 Å². The summed E-state index contributed by atoms with van der Waals surface area (Å²) in [5, 5.41) is 16.1. The average molecular weight is 494 g/mol. The van der Waals surface area contributed by atoms with Crippen molar-refractivity contribution in [3.63, 3.8) is 0 Å². The Kier molecular flexibility index (Phi) is 9.12. The number of halogens is 3. The molecule has 30 heavy (non-hydrogen) atoms. The third-order valence-corrected chi connectivity index (χ3v) is 6.67. The molecule has 1 aliphatic rings. The van der Waals surface area contributed by atoms with Gasteiger partial charge in [0, 0.05) is 23.5 Å². The van der Waals surface area contributed by atoms with Gasteiger partial charge in [0.2, 0.25) is 0 Å². The van der Waals surface area contributed by atoms with Gasteiger partial charge < -0.3 is 10.4 Å². The summed E-state index contributed by atoms with van der Waals surface area (Å²) in [7, 11) is 0. The van der Waals surface area contributed by atoms with E-state index in [9.17, 15) is 13.9 Å². The van der Waals surface area contributed by atoms with Crippen LogP contribution in [0.1, 0.15) is 42.9 Å². The number of aryl methyl sites for hydroxylation is 1. The van der Waals surface area contributed by atoms with Gasteiger partial charge in [-0.15, -0.1) is 0 Å². The number of hydrogen-bond acceptors (Lipinski definition) is 3. The normalized spacial score (nSPS) is 21.1. The maximum Gasteiger partial charge on any atom is 0.126 e. The first kappa shape index (κ1) is 23.2. The highest BCUT2D eigenvalue weighted by molar-refractivity contribution is 9.11. The third kappa shape index (κ3) is 7.34. The standard InChI is InChI=1S/C24H26BrF2NOS/c25-18-5-3-4-12-30-24-7-2-1-6-22(24)23(11-9-18)28-16-21(29)10-8-17-13-19(26)15-20(27)14-17/h1-2,4,6-7,9,12-15,21,23,28-29H,3,5,8,10-11,16H2/b12-4-,18-9+. The smallest absolute Gasteiger partial charge is 0.126 e. The molecule has 0 aliphatic carbocycles. The minimum atomic E-state index is -0.610. The van der Waals surface area contributed by atoms with E-state index in [-0.39, 0.29) is 6.04 Å². The Balaban J connectivity index is 1.65. The molecule has 0 fully saturated rings. The predicted octanol–water partition coefficient (Wildman–Crippen LogP) is 6.66. The molecule has 2 aromatic rings. The zero-order chi connectivity index (χ0) is 21.3. The summed E-state index contributed by atoms with van der Waals surface area (Å²) in [5.74, 6) is -1.17. The van der Waals surface area contributed by atoms with Crippen molar-refractivity contribution in [1.29, 1.82) is 0 Å². The molecule has 2 atom stereocenters. The van der Waals surface area contributed by atoms with E-state index in [1.54, 1.807) is 11.8 Å². The monoisotopic (exact) mass is 493 g/mol. The quantitative estimate of drug-likeness (QED) is 0.471. The van der Waals surface area contributed by atoms with Gasteiger partial charge in [0.25, 0.3) is 0 Å². The lowest BCUT2D eigenvalue weighted by Gasteiger charge is -2.22. The fourth-order valence-electron chi connectivity index (χ4n) is 3.42. The maximum absolute atomic E-state index is 13.3. The second kappa shape index (κ2) is 11.8. The molecule has 3 rings (SSSR count). The van der Waals surface area contributed by atoms with Crippen LogP contribution in [0.25, 0.3) is 0 Å². The SMILES string of the molecule is OC(CCc1cc(F)cc(F)c1)CNC1C/C=C(/Br)CC/C=C\Sc2ccccc21. The molecule has 6 heteroatoms. The van der Waals surface area contributed by atoms with E-state index in [1.165, 1.54) is 27.1 Å². The summed E-state index contributed by atoms with van der Waals surface area (Å²) in [6.45, 7) is 0.406. The number of nitrogens with one attached hydrogen (secondary N) is 1. The van der Waals surface area contributed by atoms with Crippen LogP contribution in [-0.4, -0.2) is 17.8 Å². The molecule has 0 radical (unpaired) electrons. The zero-order valence-corrected chi connectivity index (χ0v) is 19.1. The summed E-state index contributed by atoms with van der Waals surface area (Å²) in [6.07, 6.45) is 7.38. The number of hydrogen-bond donors (Lipinski definition) is 2. The lowest BCUT2D eigenvalue weighted by Crippen LogP contribution is -2.31. The van der Waals surface area contributed by atoms with Crippen molar-refractivity contribution in [1.82, 2.24) is 5.32 Å². The van der Waals surface area contributed by atoms with Crippen LogP contribution in [0, 0.1) is 11.6 Å². The summed E-state index contributed by atoms with van der Waals surface area (Å²) in [4.78, 5) is 1.20. The molecule has 0 aromatic heterocycles. The van der Waals surface area contributed by atoms with Crippen LogP contribution in [0.4, 0.5) is 8.78 Å². The molecule has 0 spiro atoms. The molecular weight excluding hydrogens is 468 g/mol. The van der Waals surface area contributed by atoms with E-state index in [2.05, 4.69) is 50.9 Å². The van der Waals surface area contributed by atoms with E-state index in [0.717, 1.165) is 25.3 Å². The Morgan fingerprint density at radius 3 is 2.73 bits per heavy atom. The lowest BCUT2D eigenvalue weighted by molar-refractivity contribution is 0.157. The highest BCUT2D eigenvalue weighted by Crippen LogP contribution is 2.32. The first-order chi connectivity index (χ1) is 14.5. The summed E-state index contributed by atoms with van der Waals surface area (Å²) < 4.78 is 27.9. The first-order valence-electron chi connectivity index (χ1n) is 10.1. The van der Waals surface area contributed by atoms with E-state index in [0.29, 0.717) is 24.9 Å². The predicted molar refractivity (Wildman–Crippen MR) is 124 cm³/mol. The van der Waals surface area contributed by atoms with Gasteiger partial charge in [-0.2, -0.15) is 0 Å². The first-order valence-corrected chi connectivity index (χ1v) is 11.8. The van der Waals surface area contributed by atoms with Crippen molar-refractivity contribution in [3.05, 3.63) is 87.3 Å². The summed E-state index contributed by atoms with van der Waals surface area (Å²) >= 11 is 5.36. The van der Waals surface area contributed by atoms with Crippen molar-refractivity contribution in [2.45, 2.75) is 49.1 Å². The lowest BCUT2D eigenvalue weighted by atomic mass is 10.0. The van der Waals surface area contributed by atoms with Gasteiger partial charge >= 0.3 is 0 Å². The van der Waals surface area contributed by atoms with Crippen LogP contribution >= 0.6 is 27.7 Å². The molecule has 2 unspecified atom stereocenters. The summed E-state index contributed by atoms with van der Waals surface area (Å²) in [5.41, 5.74) is 1.76. The van der Waals surface area contributed by atoms with Gasteiger partial charge in [-0.3, -0.25) is 0 Å². The van der Waals surface area contributed by atoms with Gasteiger partial charge in [-0.1, -0.05) is 58.0 Å². The maximum atomic E-state index is 13.3. The third-order valence-electron chi connectivity index (χ3n) is 5.00. The van der Waals surface area contributed by atoms with Crippen LogP contribution in [0.2, 0.25) is 0 Å². The Hall–Kier alpha value is -1.47. The number of aliphatic hydroxyl groups is 1. The van der Waals surface area contributed by atoms with E-state index in [4.69, 9.17) is 0 Å². The number of fused-ring (bicyclic) bond motifs is 1. The Labute approximate surface area is 189 Å². The summed E-state index contributed by atoms with van der Waals surface area (Å²) in [6, 6.07) is 11.9. The molecule has 0 bridgehead atoms. The second-order valence-corrected chi connectivity index (χ2v) is 9.35. The Bertz CT molecular complexity index is 882. The zero-order valence-electron chi connectivity index (χ0n) is 16.7. The number of thioether (sulfide) groups is 1. The van der Waals surface area contributed by atoms with Crippen LogP contribution in [-0.2, 0) is 6.42 Å². The molecular formula is C24H26BrF2NOS. The van der Waals surface area contributed by atoms with Crippen molar-refractivity contribution in [2.75, 3.05) is 6.54 Å². The van der Waals surface area contributed by atoms with E-state index >= 15 is 0 Å². The Morgan fingerprint density at radius 1 is 1.17 bits per heavy atom. The van der Waals surface area contributed by atoms with Crippen LogP contribution < -0.4 is 5.32 Å². The van der Waals surface area contributed by atoms with Crippen molar-refractivity contribution >= 4 is 27.7 Å². The minimum Gasteiger partial charge on any atom is -0.392 e. The molecule has 0 amide bonds. The van der Waals surface area contributed by atoms with E-state index < -0.39 is 17.7 Å². The van der Waals surface area contributed by atoms with Crippen molar-refractivity contribution < 1.29 is 13.9 Å². The number of allylic oxidation sites excluding steroid dienone is 2. The molecule has 0 saturated heterocycles. The largest absolute Gasteiger partial charge is 0.392 e. The molecule has 1 aliphatic heterocycles. The van der Waals surface area contributed by atoms with E-state index in [1.807, 2.05) is 12.1 Å². The molecule has 2 N–H and O–H groups in total. The van der Waals surface area contributed by atoms with Gasteiger partial charge in [0.1, 0.15) is 11.6 Å². The number of benzene rings is 2. The van der Waals surface area contributed by atoms with Gasteiger partial charge in [-0.25, -0.2) is 8.78 Å². The second-order valence-electron chi connectivity index (χ2n) is 7.38. The molecule has 2 aromatic carbocycles. The molecule has 160 valence electrons. The molecule has 1 heterocycles. The van der Waals surface area contributed by atoms with Crippen LogP contribution in [0.5, 0.6) is 0 Å². The van der Waals surface area contributed by atoms with Gasteiger partial charge in [0.05, 0.1) is 6.10 Å². The average Bonchev–Trinajstić information content (AvgIpc) is 2.74.